The number of hydrogen-bond acceptors (Lipinski definition) is 4. The molecule has 1 aliphatic rings. The van der Waals surface area contributed by atoms with Crippen LogP contribution in [0.3, 0.4) is 0 Å². The van der Waals surface area contributed by atoms with E-state index in [0.717, 1.165) is 13.1 Å². The molecule has 1 aliphatic heterocycles. The minimum atomic E-state index is -0.972. The molecule has 2 amide bonds. The van der Waals surface area contributed by atoms with Gasteiger partial charge in [-0.05, 0) is 27.2 Å². The first-order valence-corrected chi connectivity index (χ1v) is 8.89. The lowest BCUT2D eigenvalue weighted by Crippen LogP contribution is -2.58. The third kappa shape index (κ3) is 6.65. The number of rotatable bonds is 5. The van der Waals surface area contributed by atoms with Crippen molar-refractivity contribution in [3.63, 3.8) is 0 Å². The summed E-state index contributed by atoms with van der Waals surface area (Å²) < 4.78 is 0. The van der Waals surface area contributed by atoms with Crippen molar-refractivity contribution in [1.82, 2.24) is 15.1 Å². The maximum atomic E-state index is 12.8. The van der Waals surface area contributed by atoms with E-state index in [4.69, 9.17) is 5.11 Å². The number of hydrogen-bond donors (Lipinski definition) is 2. The Morgan fingerprint density at radius 1 is 1.00 bits per heavy atom. The van der Waals surface area contributed by atoms with E-state index in [1.54, 1.807) is 25.7 Å². The molecule has 2 N–H and O–H groups in total. The first-order valence-electron chi connectivity index (χ1n) is 8.89. The van der Waals surface area contributed by atoms with Gasteiger partial charge in [0.2, 0.25) is 11.8 Å². The normalized spacial score (nSPS) is 17.9. The quantitative estimate of drug-likeness (QED) is 0.776. The highest BCUT2D eigenvalue weighted by Gasteiger charge is 2.33. The van der Waals surface area contributed by atoms with Gasteiger partial charge in [-0.15, -0.1) is 0 Å². The zero-order valence-electron chi connectivity index (χ0n) is 16.4. The maximum absolute atomic E-state index is 12.8. The summed E-state index contributed by atoms with van der Waals surface area (Å²) in [6.45, 7) is 14.4. The summed E-state index contributed by atoms with van der Waals surface area (Å²) in [5.41, 5.74) is -0.578. The summed E-state index contributed by atoms with van der Waals surface area (Å²) in [5, 5.41) is 11.7. The third-order valence-electron chi connectivity index (χ3n) is 4.47. The lowest BCUT2D eigenvalue weighted by atomic mass is 9.94. The minimum absolute atomic E-state index is 0.0539. The van der Waals surface area contributed by atoms with Crippen molar-refractivity contribution in [3.05, 3.63) is 0 Å². The van der Waals surface area contributed by atoms with Crippen molar-refractivity contribution in [2.75, 3.05) is 26.2 Å². The first kappa shape index (κ1) is 21.4. The van der Waals surface area contributed by atoms with Crippen LogP contribution in [-0.2, 0) is 14.4 Å². The fourth-order valence-corrected chi connectivity index (χ4v) is 2.72. The van der Waals surface area contributed by atoms with Crippen molar-refractivity contribution in [2.24, 2.45) is 5.41 Å². The molecule has 0 aromatic rings. The Balaban J connectivity index is 2.75. The number of aliphatic carboxylic acids is 1. The van der Waals surface area contributed by atoms with Gasteiger partial charge in [0.05, 0.1) is 0 Å². The zero-order valence-corrected chi connectivity index (χ0v) is 16.4. The summed E-state index contributed by atoms with van der Waals surface area (Å²) >= 11 is 0. The van der Waals surface area contributed by atoms with Gasteiger partial charge < -0.3 is 15.3 Å². The minimum Gasteiger partial charge on any atom is -0.481 e. The lowest BCUT2D eigenvalue weighted by molar-refractivity contribution is -0.142. The average molecular weight is 355 g/mol. The van der Waals surface area contributed by atoms with Gasteiger partial charge in [-0.2, -0.15) is 0 Å². The molecule has 0 aliphatic carbocycles. The van der Waals surface area contributed by atoms with E-state index in [0.29, 0.717) is 13.1 Å². The number of nitrogens with one attached hydrogen (secondary N) is 1. The molecule has 7 heteroatoms. The van der Waals surface area contributed by atoms with E-state index in [1.807, 2.05) is 0 Å². The SMILES string of the molecule is CC(C)(C)C(=O)NC(CCC(=O)O)C(=O)N1CCN(C(C)(C)C)CC1. The van der Waals surface area contributed by atoms with Crippen LogP contribution in [0.25, 0.3) is 0 Å². The van der Waals surface area contributed by atoms with E-state index < -0.39 is 17.4 Å². The van der Waals surface area contributed by atoms with E-state index in [2.05, 4.69) is 31.0 Å². The summed E-state index contributed by atoms with van der Waals surface area (Å²) in [7, 11) is 0. The molecule has 25 heavy (non-hydrogen) atoms. The molecular formula is C18H33N3O4. The molecule has 1 fully saturated rings. The highest BCUT2D eigenvalue weighted by Crippen LogP contribution is 2.18. The molecule has 1 saturated heterocycles. The van der Waals surface area contributed by atoms with E-state index in [9.17, 15) is 14.4 Å². The topological polar surface area (TPSA) is 89.9 Å². The average Bonchev–Trinajstić information content (AvgIpc) is 2.48. The second kappa shape index (κ2) is 8.17. The fraction of sp³-hybridized carbons (Fsp3) is 0.833. The second-order valence-corrected chi connectivity index (χ2v) is 8.69. The molecule has 0 spiro atoms. The van der Waals surface area contributed by atoms with Gasteiger partial charge >= 0.3 is 5.97 Å². The maximum Gasteiger partial charge on any atom is 0.303 e. The molecule has 0 bridgehead atoms. The largest absolute Gasteiger partial charge is 0.481 e. The standard InChI is InChI=1S/C18H33N3O4/c1-17(2,3)16(25)19-13(7-8-14(22)23)15(24)20-9-11-21(12-10-20)18(4,5)6/h13H,7-12H2,1-6H3,(H,19,25)(H,22,23). The van der Waals surface area contributed by atoms with Crippen LogP contribution in [0.2, 0.25) is 0 Å². The Hall–Kier alpha value is -1.63. The van der Waals surface area contributed by atoms with E-state index in [-0.39, 0.29) is 30.2 Å². The fourth-order valence-electron chi connectivity index (χ4n) is 2.72. The van der Waals surface area contributed by atoms with Crippen molar-refractivity contribution >= 4 is 17.8 Å². The molecule has 1 rings (SSSR count). The summed E-state index contributed by atoms with van der Waals surface area (Å²) in [5.74, 6) is -1.41. The number of nitrogens with zero attached hydrogens (tertiary/aromatic N) is 2. The van der Waals surface area contributed by atoms with Crippen LogP contribution in [0.15, 0.2) is 0 Å². The van der Waals surface area contributed by atoms with Gasteiger partial charge in [0, 0.05) is 43.6 Å². The molecule has 1 heterocycles. The Kier molecular flexibility index (Phi) is 6.99. The Labute approximate surface area is 150 Å². The smallest absolute Gasteiger partial charge is 0.303 e. The molecular weight excluding hydrogens is 322 g/mol. The number of carbonyl (C=O) groups excluding carboxylic acids is 2. The predicted molar refractivity (Wildman–Crippen MR) is 96.2 cm³/mol. The molecule has 0 aromatic carbocycles. The van der Waals surface area contributed by atoms with E-state index >= 15 is 0 Å². The van der Waals surface area contributed by atoms with Crippen LogP contribution < -0.4 is 5.32 Å². The Morgan fingerprint density at radius 3 is 1.92 bits per heavy atom. The van der Waals surface area contributed by atoms with Crippen molar-refractivity contribution in [2.45, 2.75) is 66.0 Å². The Morgan fingerprint density at radius 2 is 1.52 bits per heavy atom. The number of carbonyl (C=O) groups is 3. The van der Waals surface area contributed by atoms with Crippen LogP contribution in [0.5, 0.6) is 0 Å². The van der Waals surface area contributed by atoms with Crippen LogP contribution >= 0.6 is 0 Å². The van der Waals surface area contributed by atoms with Crippen LogP contribution in [0, 0.1) is 5.41 Å². The lowest BCUT2D eigenvalue weighted by Gasteiger charge is -2.43. The van der Waals surface area contributed by atoms with Gasteiger partial charge in [-0.1, -0.05) is 20.8 Å². The molecule has 0 aromatic heterocycles. The van der Waals surface area contributed by atoms with Gasteiger partial charge in [-0.3, -0.25) is 19.3 Å². The molecule has 7 nitrogen and oxygen atoms in total. The summed E-state index contributed by atoms with van der Waals surface area (Å²) in [6.07, 6.45) is -0.0434. The van der Waals surface area contributed by atoms with Crippen LogP contribution in [0.1, 0.15) is 54.4 Å². The monoisotopic (exact) mass is 355 g/mol. The number of amides is 2. The molecule has 0 radical (unpaired) electrons. The van der Waals surface area contributed by atoms with Crippen LogP contribution in [0.4, 0.5) is 0 Å². The first-order chi connectivity index (χ1) is 11.3. The summed E-state index contributed by atoms with van der Waals surface area (Å²) in [6, 6.07) is -0.788. The van der Waals surface area contributed by atoms with Gasteiger partial charge in [0.1, 0.15) is 6.04 Å². The molecule has 1 atom stereocenters. The van der Waals surface area contributed by atoms with E-state index in [1.165, 1.54) is 0 Å². The van der Waals surface area contributed by atoms with Gasteiger partial charge in [0.15, 0.2) is 0 Å². The highest BCUT2D eigenvalue weighted by molar-refractivity contribution is 5.90. The highest BCUT2D eigenvalue weighted by atomic mass is 16.4. The third-order valence-corrected chi connectivity index (χ3v) is 4.47. The van der Waals surface area contributed by atoms with Gasteiger partial charge in [-0.25, -0.2) is 0 Å². The predicted octanol–water partition coefficient (Wildman–Crippen LogP) is 1.32. The van der Waals surface area contributed by atoms with Crippen molar-refractivity contribution in [3.8, 4) is 0 Å². The van der Waals surface area contributed by atoms with Gasteiger partial charge in [0.25, 0.3) is 0 Å². The molecule has 144 valence electrons. The number of piperazine rings is 1. The second-order valence-electron chi connectivity index (χ2n) is 8.69. The van der Waals surface area contributed by atoms with Crippen LogP contribution in [-0.4, -0.2) is 70.4 Å². The molecule has 0 saturated carbocycles. The Bertz CT molecular complexity index is 497. The molecule has 1 unspecified atom stereocenters. The van der Waals surface area contributed by atoms with Crippen molar-refractivity contribution < 1.29 is 19.5 Å². The zero-order chi connectivity index (χ0) is 19.4. The van der Waals surface area contributed by atoms with Crippen molar-refractivity contribution in [1.29, 1.82) is 0 Å². The summed E-state index contributed by atoms with van der Waals surface area (Å²) in [4.78, 5) is 40.0. The number of carboxylic acid groups (broad SMARTS) is 1. The number of carboxylic acids is 1.